The van der Waals surface area contributed by atoms with Crippen LogP contribution in [-0.2, 0) is 6.42 Å². The highest BCUT2D eigenvalue weighted by molar-refractivity contribution is 5.98. The predicted molar refractivity (Wildman–Crippen MR) is 68.4 cm³/mol. The summed E-state index contributed by atoms with van der Waals surface area (Å²) in [7, 11) is 0. The molecule has 2 atom stereocenters. The highest BCUT2D eigenvalue weighted by atomic mass is 16.5. The first kappa shape index (κ1) is 12.6. The fourth-order valence-corrected chi connectivity index (χ4v) is 2.63. The van der Waals surface area contributed by atoms with Gasteiger partial charge in [0.05, 0.1) is 25.4 Å². The number of fused-ring (bicyclic) bond motifs is 1. The van der Waals surface area contributed by atoms with Crippen LogP contribution in [0.3, 0.4) is 0 Å². The lowest BCUT2D eigenvalue weighted by atomic mass is 10.1. The minimum absolute atomic E-state index is 0.0102. The Hall–Kier alpha value is -1.43. The molecule has 0 aliphatic carbocycles. The van der Waals surface area contributed by atoms with E-state index in [1.807, 2.05) is 12.1 Å². The van der Waals surface area contributed by atoms with Crippen molar-refractivity contribution in [2.45, 2.75) is 18.6 Å². The highest BCUT2D eigenvalue weighted by Gasteiger charge is 2.30. The van der Waals surface area contributed by atoms with Crippen LogP contribution >= 0.6 is 0 Å². The van der Waals surface area contributed by atoms with Crippen LogP contribution in [0.4, 0.5) is 0 Å². The second kappa shape index (κ2) is 4.92. The molecule has 0 radical (unpaired) electrons. The van der Waals surface area contributed by atoms with Crippen molar-refractivity contribution < 1.29 is 19.7 Å². The Morgan fingerprint density at radius 3 is 2.79 bits per heavy atom. The fourth-order valence-electron chi connectivity index (χ4n) is 2.63. The normalized spacial score (nSPS) is 26.2. The van der Waals surface area contributed by atoms with Crippen molar-refractivity contribution >= 4 is 5.78 Å². The lowest BCUT2D eigenvalue weighted by Crippen LogP contribution is -2.28. The van der Waals surface area contributed by atoms with E-state index in [-0.39, 0.29) is 12.3 Å². The van der Waals surface area contributed by atoms with Gasteiger partial charge in [0.1, 0.15) is 5.75 Å². The van der Waals surface area contributed by atoms with E-state index in [1.165, 1.54) is 0 Å². The summed E-state index contributed by atoms with van der Waals surface area (Å²) < 4.78 is 5.41. The number of Topliss-reactive ketones (excluding diaryl/α,β-unsaturated/α-hetero) is 1. The standard InChI is InChI=1S/C14H17NO4/c16-11(6-15-7-12(17)13(18)8-15)9-1-2-14-10(5-9)3-4-19-14/h1-2,5,12-13,17-18H,3-4,6-8H2. The summed E-state index contributed by atoms with van der Waals surface area (Å²) in [5, 5.41) is 18.9. The zero-order valence-corrected chi connectivity index (χ0v) is 10.6. The highest BCUT2D eigenvalue weighted by Crippen LogP contribution is 2.26. The maximum Gasteiger partial charge on any atom is 0.176 e. The van der Waals surface area contributed by atoms with Crippen LogP contribution in [0.15, 0.2) is 18.2 Å². The number of β-amino-alcohol motifs (C(OH)–C–C–N with tert-alkyl or cyclic N) is 2. The Kier molecular flexibility index (Phi) is 3.26. The molecule has 1 aromatic carbocycles. The van der Waals surface area contributed by atoms with Gasteiger partial charge in [-0.3, -0.25) is 9.69 Å². The van der Waals surface area contributed by atoms with Gasteiger partial charge < -0.3 is 14.9 Å². The van der Waals surface area contributed by atoms with Crippen LogP contribution in [0.1, 0.15) is 15.9 Å². The monoisotopic (exact) mass is 263 g/mol. The molecular weight excluding hydrogens is 246 g/mol. The van der Waals surface area contributed by atoms with Gasteiger partial charge in [-0.2, -0.15) is 0 Å². The Balaban J connectivity index is 1.68. The van der Waals surface area contributed by atoms with E-state index < -0.39 is 12.2 Å². The first-order valence-electron chi connectivity index (χ1n) is 6.51. The smallest absolute Gasteiger partial charge is 0.176 e. The van der Waals surface area contributed by atoms with E-state index in [0.717, 1.165) is 17.7 Å². The molecule has 2 heterocycles. The van der Waals surface area contributed by atoms with Crippen molar-refractivity contribution in [1.29, 1.82) is 0 Å². The molecule has 0 amide bonds. The number of rotatable bonds is 3. The van der Waals surface area contributed by atoms with E-state index in [0.29, 0.717) is 25.3 Å². The zero-order valence-electron chi connectivity index (χ0n) is 10.6. The number of ether oxygens (including phenoxy) is 1. The van der Waals surface area contributed by atoms with Gasteiger partial charge in [0.2, 0.25) is 0 Å². The Labute approximate surface area is 111 Å². The molecule has 1 fully saturated rings. The maximum atomic E-state index is 12.2. The molecule has 2 unspecified atom stereocenters. The lowest BCUT2D eigenvalue weighted by Gasteiger charge is -2.13. The molecular formula is C14H17NO4. The Morgan fingerprint density at radius 2 is 2.05 bits per heavy atom. The Morgan fingerprint density at radius 1 is 1.32 bits per heavy atom. The quantitative estimate of drug-likeness (QED) is 0.742. The molecule has 0 saturated carbocycles. The van der Waals surface area contributed by atoms with Gasteiger partial charge in [-0.15, -0.1) is 0 Å². The molecule has 2 aliphatic rings. The molecule has 2 N–H and O–H groups in total. The van der Waals surface area contributed by atoms with Crippen molar-refractivity contribution in [1.82, 2.24) is 4.90 Å². The summed E-state index contributed by atoms with van der Waals surface area (Å²) >= 11 is 0. The van der Waals surface area contributed by atoms with Gasteiger partial charge in [0.25, 0.3) is 0 Å². The van der Waals surface area contributed by atoms with Crippen molar-refractivity contribution in [3.63, 3.8) is 0 Å². The van der Waals surface area contributed by atoms with Crippen LogP contribution in [-0.4, -0.2) is 59.3 Å². The molecule has 0 aromatic heterocycles. The molecule has 1 aromatic rings. The summed E-state index contributed by atoms with van der Waals surface area (Å²) in [6.07, 6.45) is -0.653. The van der Waals surface area contributed by atoms with Crippen molar-refractivity contribution in [2.75, 3.05) is 26.2 Å². The molecule has 0 bridgehead atoms. The number of carbonyl (C=O) groups is 1. The van der Waals surface area contributed by atoms with E-state index >= 15 is 0 Å². The van der Waals surface area contributed by atoms with Gasteiger partial charge in [-0.1, -0.05) is 0 Å². The van der Waals surface area contributed by atoms with Crippen molar-refractivity contribution in [3.8, 4) is 5.75 Å². The third-order valence-electron chi connectivity index (χ3n) is 3.71. The van der Waals surface area contributed by atoms with Gasteiger partial charge in [-0.25, -0.2) is 0 Å². The summed E-state index contributed by atoms with van der Waals surface area (Å²) in [5.74, 6) is 0.875. The van der Waals surface area contributed by atoms with Crippen LogP contribution < -0.4 is 4.74 Å². The third-order valence-corrected chi connectivity index (χ3v) is 3.71. The van der Waals surface area contributed by atoms with Crippen molar-refractivity contribution in [2.24, 2.45) is 0 Å². The largest absolute Gasteiger partial charge is 0.493 e. The number of aliphatic hydroxyl groups is 2. The van der Waals surface area contributed by atoms with E-state index in [4.69, 9.17) is 4.74 Å². The number of ketones is 1. The molecule has 102 valence electrons. The number of benzene rings is 1. The lowest BCUT2D eigenvalue weighted by molar-refractivity contribution is 0.0572. The van der Waals surface area contributed by atoms with E-state index in [2.05, 4.69) is 0 Å². The predicted octanol–water partition coefficient (Wildman–Crippen LogP) is -0.158. The molecule has 0 spiro atoms. The molecule has 5 heteroatoms. The SMILES string of the molecule is O=C(CN1CC(O)C(O)C1)c1ccc2c(c1)CCO2. The van der Waals surface area contributed by atoms with Gasteiger partial charge in [0.15, 0.2) is 5.78 Å². The van der Waals surface area contributed by atoms with Gasteiger partial charge in [0, 0.05) is 25.1 Å². The van der Waals surface area contributed by atoms with Crippen molar-refractivity contribution in [3.05, 3.63) is 29.3 Å². The second-order valence-electron chi connectivity index (χ2n) is 5.17. The number of carbonyl (C=O) groups excluding carboxylic acids is 1. The third kappa shape index (κ3) is 2.49. The molecule has 1 saturated heterocycles. The van der Waals surface area contributed by atoms with E-state index in [1.54, 1.807) is 11.0 Å². The minimum Gasteiger partial charge on any atom is -0.493 e. The second-order valence-corrected chi connectivity index (χ2v) is 5.17. The average Bonchev–Trinajstić information content (AvgIpc) is 2.96. The van der Waals surface area contributed by atoms with Crippen LogP contribution in [0.2, 0.25) is 0 Å². The minimum atomic E-state index is -0.749. The summed E-state index contributed by atoms with van der Waals surface area (Å²) in [5.41, 5.74) is 1.74. The number of likely N-dealkylation sites (tertiary alicyclic amines) is 1. The maximum absolute atomic E-state index is 12.2. The topological polar surface area (TPSA) is 70.0 Å². The molecule has 2 aliphatic heterocycles. The van der Waals surface area contributed by atoms with Gasteiger partial charge >= 0.3 is 0 Å². The van der Waals surface area contributed by atoms with Crippen LogP contribution in [0.25, 0.3) is 0 Å². The number of nitrogens with zero attached hydrogens (tertiary/aromatic N) is 1. The molecule has 5 nitrogen and oxygen atoms in total. The fraction of sp³-hybridized carbons (Fsp3) is 0.500. The van der Waals surface area contributed by atoms with Crippen LogP contribution in [0, 0.1) is 0 Å². The molecule has 3 rings (SSSR count). The first-order chi connectivity index (χ1) is 9.13. The average molecular weight is 263 g/mol. The first-order valence-corrected chi connectivity index (χ1v) is 6.51. The Bertz CT molecular complexity index is 492. The van der Waals surface area contributed by atoms with E-state index in [9.17, 15) is 15.0 Å². The summed E-state index contributed by atoms with van der Waals surface area (Å²) in [6.45, 7) is 1.60. The van der Waals surface area contributed by atoms with Gasteiger partial charge in [-0.05, 0) is 23.8 Å². The summed E-state index contributed by atoms with van der Waals surface area (Å²) in [4.78, 5) is 13.9. The molecule has 19 heavy (non-hydrogen) atoms. The number of hydrogen-bond donors (Lipinski definition) is 2. The van der Waals surface area contributed by atoms with Crippen LogP contribution in [0.5, 0.6) is 5.75 Å². The number of hydrogen-bond acceptors (Lipinski definition) is 5. The zero-order chi connectivity index (χ0) is 13.4. The summed E-state index contributed by atoms with van der Waals surface area (Å²) in [6, 6.07) is 5.49. The number of aliphatic hydroxyl groups excluding tert-OH is 2.